The third-order valence-electron chi connectivity index (χ3n) is 6.35. The first kappa shape index (κ1) is 29.6. The van der Waals surface area contributed by atoms with E-state index in [1.54, 1.807) is 0 Å². The Balaban J connectivity index is 2.24. The smallest absolute Gasteiger partial charge is 0.434 e. The first-order valence-corrected chi connectivity index (χ1v) is 13.5. The molecule has 0 aromatic heterocycles. The summed E-state index contributed by atoms with van der Waals surface area (Å²) < 4.78 is 21.6. The Hall–Kier alpha value is -1.46. The highest BCUT2D eigenvalue weighted by molar-refractivity contribution is 5.61. The maximum absolute atomic E-state index is 12.2. The van der Waals surface area contributed by atoms with E-state index in [9.17, 15) is 9.59 Å². The van der Waals surface area contributed by atoms with Crippen molar-refractivity contribution in [2.75, 3.05) is 13.2 Å². The van der Waals surface area contributed by atoms with E-state index in [1.807, 2.05) is 6.92 Å². The minimum Gasteiger partial charge on any atom is -0.434 e. The second-order valence-electron chi connectivity index (χ2n) is 10.5. The zero-order valence-corrected chi connectivity index (χ0v) is 21.9. The molecule has 0 aliphatic heterocycles. The maximum Gasteiger partial charge on any atom is 0.508 e. The molecule has 1 rings (SSSR count). The lowest BCUT2D eigenvalue weighted by atomic mass is 9.85. The van der Waals surface area contributed by atoms with Crippen molar-refractivity contribution in [3.8, 4) is 0 Å². The van der Waals surface area contributed by atoms with Gasteiger partial charge in [0.2, 0.25) is 0 Å². The normalized spacial score (nSPS) is 20.6. The lowest BCUT2D eigenvalue weighted by Crippen LogP contribution is -2.43. The average molecular weight is 471 g/mol. The Morgan fingerprint density at radius 1 is 0.697 bits per heavy atom. The SMILES string of the molecule is CC(C)CCCCCCOC(=O)OC1CCCC(C)C1OC(=O)OCCCCCCC(C)C. The molecule has 6 nitrogen and oxygen atoms in total. The fourth-order valence-electron chi connectivity index (χ4n) is 4.28. The topological polar surface area (TPSA) is 71.1 Å². The standard InChI is InChI=1S/C27H50O6/c1-21(2)15-10-6-8-12-19-30-26(28)32-24-18-14-17-23(5)25(24)33-27(29)31-20-13-9-7-11-16-22(3)4/h21-25H,6-20H2,1-5H3. The molecule has 194 valence electrons. The second-order valence-corrected chi connectivity index (χ2v) is 10.5. The summed E-state index contributed by atoms with van der Waals surface area (Å²) in [6.45, 7) is 11.7. The third kappa shape index (κ3) is 15.1. The summed E-state index contributed by atoms with van der Waals surface area (Å²) in [6.07, 6.45) is 11.3. The van der Waals surface area contributed by atoms with Crippen LogP contribution in [0.1, 0.15) is 118 Å². The molecule has 3 atom stereocenters. The average Bonchev–Trinajstić information content (AvgIpc) is 2.74. The van der Waals surface area contributed by atoms with E-state index in [1.165, 1.54) is 25.7 Å². The van der Waals surface area contributed by atoms with Gasteiger partial charge in [-0.1, -0.05) is 86.0 Å². The molecule has 0 amide bonds. The predicted octanol–water partition coefficient (Wildman–Crippen LogP) is 8.06. The van der Waals surface area contributed by atoms with Gasteiger partial charge in [0.15, 0.2) is 0 Å². The van der Waals surface area contributed by atoms with Crippen LogP contribution in [0.25, 0.3) is 0 Å². The van der Waals surface area contributed by atoms with E-state index >= 15 is 0 Å². The van der Waals surface area contributed by atoms with Crippen molar-refractivity contribution < 1.29 is 28.5 Å². The number of carbonyl (C=O) groups excluding carboxylic acids is 2. The van der Waals surface area contributed by atoms with E-state index in [0.29, 0.717) is 19.6 Å². The Kier molecular flexibility index (Phi) is 16.1. The molecule has 33 heavy (non-hydrogen) atoms. The van der Waals surface area contributed by atoms with Crippen LogP contribution in [-0.2, 0) is 18.9 Å². The molecule has 0 bridgehead atoms. The van der Waals surface area contributed by atoms with Gasteiger partial charge in [0, 0.05) is 0 Å². The van der Waals surface area contributed by atoms with Gasteiger partial charge in [-0.2, -0.15) is 0 Å². The summed E-state index contributed by atoms with van der Waals surface area (Å²) in [6, 6.07) is 0. The summed E-state index contributed by atoms with van der Waals surface area (Å²) in [5, 5.41) is 0. The fraction of sp³-hybridized carbons (Fsp3) is 0.926. The van der Waals surface area contributed by atoms with Gasteiger partial charge in [-0.25, -0.2) is 9.59 Å². The number of unbranched alkanes of at least 4 members (excludes halogenated alkanes) is 6. The number of hydrogen-bond donors (Lipinski definition) is 0. The van der Waals surface area contributed by atoms with E-state index in [2.05, 4.69) is 27.7 Å². The monoisotopic (exact) mass is 470 g/mol. The van der Waals surface area contributed by atoms with Crippen molar-refractivity contribution in [1.82, 2.24) is 0 Å². The summed E-state index contributed by atoms with van der Waals surface area (Å²) in [5.74, 6) is 1.59. The van der Waals surface area contributed by atoms with Crippen molar-refractivity contribution >= 4 is 12.3 Å². The van der Waals surface area contributed by atoms with Crippen molar-refractivity contribution in [1.29, 1.82) is 0 Å². The highest BCUT2D eigenvalue weighted by Gasteiger charge is 2.37. The minimum atomic E-state index is -0.667. The molecule has 1 saturated carbocycles. The van der Waals surface area contributed by atoms with Crippen LogP contribution >= 0.6 is 0 Å². The minimum absolute atomic E-state index is 0.112. The molecule has 1 aliphatic rings. The second kappa shape index (κ2) is 17.9. The maximum atomic E-state index is 12.2. The van der Waals surface area contributed by atoms with Crippen molar-refractivity contribution in [2.24, 2.45) is 17.8 Å². The number of rotatable bonds is 16. The van der Waals surface area contributed by atoms with Crippen LogP contribution in [0.3, 0.4) is 0 Å². The van der Waals surface area contributed by atoms with Gasteiger partial charge in [0.05, 0.1) is 13.2 Å². The third-order valence-corrected chi connectivity index (χ3v) is 6.35. The van der Waals surface area contributed by atoms with Crippen LogP contribution < -0.4 is 0 Å². The first-order valence-electron chi connectivity index (χ1n) is 13.5. The van der Waals surface area contributed by atoms with Gasteiger partial charge in [-0.05, 0) is 49.9 Å². The predicted molar refractivity (Wildman–Crippen MR) is 131 cm³/mol. The van der Waals surface area contributed by atoms with Gasteiger partial charge in [-0.15, -0.1) is 0 Å². The Bertz CT molecular complexity index is 519. The summed E-state index contributed by atoms with van der Waals surface area (Å²) in [4.78, 5) is 24.3. The molecule has 0 aromatic rings. The molecule has 1 fully saturated rings. The number of hydrogen-bond acceptors (Lipinski definition) is 6. The van der Waals surface area contributed by atoms with Gasteiger partial charge < -0.3 is 18.9 Å². The van der Waals surface area contributed by atoms with Gasteiger partial charge in [0.1, 0.15) is 12.2 Å². The Morgan fingerprint density at radius 3 is 1.70 bits per heavy atom. The summed E-state index contributed by atoms with van der Waals surface area (Å²) in [5.41, 5.74) is 0. The molecule has 0 aromatic carbocycles. The molecule has 0 radical (unpaired) electrons. The Morgan fingerprint density at radius 2 is 1.18 bits per heavy atom. The van der Waals surface area contributed by atoms with E-state index in [-0.39, 0.29) is 5.92 Å². The molecule has 6 heteroatoms. The molecule has 0 spiro atoms. The largest absolute Gasteiger partial charge is 0.508 e. The highest BCUT2D eigenvalue weighted by Crippen LogP contribution is 2.29. The fourth-order valence-corrected chi connectivity index (χ4v) is 4.28. The molecular weight excluding hydrogens is 420 g/mol. The van der Waals surface area contributed by atoms with Crippen LogP contribution in [0, 0.1) is 17.8 Å². The van der Waals surface area contributed by atoms with Crippen molar-refractivity contribution in [3.63, 3.8) is 0 Å². The molecule has 3 unspecified atom stereocenters. The molecule has 0 saturated heterocycles. The van der Waals surface area contributed by atoms with E-state index < -0.39 is 24.5 Å². The van der Waals surface area contributed by atoms with E-state index in [0.717, 1.165) is 63.2 Å². The van der Waals surface area contributed by atoms with Crippen molar-refractivity contribution in [2.45, 2.75) is 130 Å². The number of ether oxygens (including phenoxy) is 4. The van der Waals surface area contributed by atoms with E-state index in [4.69, 9.17) is 18.9 Å². The van der Waals surface area contributed by atoms with Crippen molar-refractivity contribution in [3.05, 3.63) is 0 Å². The van der Waals surface area contributed by atoms with Gasteiger partial charge in [0.25, 0.3) is 0 Å². The van der Waals surface area contributed by atoms with Crippen LogP contribution in [0.5, 0.6) is 0 Å². The van der Waals surface area contributed by atoms with Crippen LogP contribution in [0.15, 0.2) is 0 Å². The summed E-state index contributed by atoms with van der Waals surface area (Å²) >= 11 is 0. The first-order chi connectivity index (χ1) is 15.8. The van der Waals surface area contributed by atoms with Gasteiger partial charge >= 0.3 is 12.3 Å². The lowest BCUT2D eigenvalue weighted by Gasteiger charge is -2.34. The quantitative estimate of drug-likeness (QED) is 0.168. The molecule has 1 aliphatic carbocycles. The number of carbonyl (C=O) groups is 2. The molecule has 0 heterocycles. The lowest BCUT2D eigenvalue weighted by molar-refractivity contribution is -0.0896. The zero-order chi connectivity index (χ0) is 24.5. The van der Waals surface area contributed by atoms with Crippen LogP contribution in [-0.4, -0.2) is 37.7 Å². The van der Waals surface area contributed by atoms with Crippen LogP contribution in [0.2, 0.25) is 0 Å². The van der Waals surface area contributed by atoms with Crippen LogP contribution in [0.4, 0.5) is 9.59 Å². The summed E-state index contributed by atoms with van der Waals surface area (Å²) in [7, 11) is 0. The molecule has 0 N–H and O–H groups in total. The highest BCUT2D eigenvalue weighted by atomic mass is 16.8. The Labute approximate surface area is 202 Å². The van der Waals surface area contributed by atoms with Gasteiger partial charge in [-0.3, -0.25) is 0 Å². The zero-order valence-electron chi connectivity index (χ0n) is 21.9. The molecular formula is C27H50O6.